The van der Waals surface area contributed by atoms with E-state index in [9.17, 15) is 4.79 Å². The fraction of sp³-hybridized carbons (Fsp3) is 0.364. The molecule has 3 N–H and O–H groups in total. The molecular weight excluding hydrogens is 386 g/mol. The first kappa shape index (κ1) is 20.5. The monoisotopic (exact) mass is 411 g/mol. The number of hydrogen-bond donors (Lipinski definition) is 3. The van der Waals surface area contributed by atoms with Crippen molar-refractivity contribution in [2.75, 3.05) is 37.0 Å². The van der Waals surface area contributed by atoms with Crippen LogP contribution in [0.4, 0.5) is 11.5 Å². The maximum Gasteiger partial charge on any atom is 0.257 e. The van der Waals surface area contributed by atoms with Crippen LogP contribution >= 0.6 is 0 Å². The summed E-state index contributed by atoms with van der Waals surface area (Å²) in [5.74, 6) is 0.428. The quantitative estimate of drug-likeness (QED) is 0.451. The van der Waals surface area contributed by atoms with E-state index < -0.39 is 0 Å². The fourth-order valence-electron chi connectivity index (χ4n) is 3.92. The number of aliphatic hydroxyl groups is 2. The van der Waals surface area contributed by atoms with Crippen LogP contribution in [0.25, 0.3) is 11.6 Å². The van der Waals surface area contributed by atoms with Crippen LogP contribution < -0.4 is 10.5 Å². The van der Waals surface area contributed by atoms with Crippen LogP contribution in [0.3, 0.4) is 0 Å². The number of anilines is 2. The standard InChI is InChI=1S/C22H25N3O5/c26-10-12-29-25(30-13-11-27)20-8-7-15(16-4-1-2-5-17(16)20)14-19-18-6-3-9-23-21(18)24-22(19)28/h3,6-9,14,26-27H,1-2,4-5,10-13H2,(H,23,24,28). The minimum absolute atomic E-state index is 0.0793. The summed E-state index contributed by atoms with van der Waals surface area (Å²) in [5.41, 5.74) is 5.39. The van der Waals surface area contributed by atoms with Gasteiger partial charge < -0.3 is 15.5 Å². The summed E-state index contributed by atoms with van der Waals surface area (Å²) in [6, 6.07) is 7.55. The number of nitrogens with zero attached hydrogens (tertiary/aromatic N) is 2. The maximum atomic E-state index is 12.5. The first-order valence-electron chi connectivity index (χ1n) is 10.1. The van der Waals surface area contributed by atoms with Gasteiger partial charge >= 0.3 is 0 Å². The van der Waals surface area contributed by atoms with Crippen molar-refractivity contribution in [1.82, 2.24) is 4.98 Å². The van der Waals surface area contributed by atoms with Crippen LogP contribution in [0.15, 0.2) is 30.5 Å². The second-order valence-corrected chi connectivity index (χ2v) is 7.12. The first-order chi connectivity index (χ1) is 14.7. The molecule has 4 rings (SSSR count). The zero-order chi connectivity index (χ0) is 20.9. The number of nitrogens with one attached hydrogen (secondary N) is 1. The molecule has 2 heterocycles. The fourth-order valence-corrected chi connectivity index (χ4v) is 3.92. The van der Waals surface area contributed by atoms with Crippen molar-refractivity contribution in [2.45, 2.75) is 25.7 Å². The van der Waals surface area contributed by atoms with Gasteiger partial charge in [0.25, 0.3) is 5.91 Å². The van der Waals surface area contributed by atoms with Crippen molar-refractivity contribution in [2.24, 2.45) is 0 Å². The predicted molar refractivity (Wildman–Crippen MR) is 112 cm³/mol. The maximum absolute atomic E-state index is 12.5. The number of aliphatic hydroxyl groups excluding tert-OH is 2. The molecular formula is C22H25N3O5. The summed E-state index contributed by atoms with van der Waals surface area (Å²) < 4.78 is 0. The molecule has 30 heavy (non-hydrogen) atoms. The smallest absolute Gasteiger partial charge is 0.257 e. The highest BCUT2D eigenvalue weighted by Gasteiger charge is 2.26. The van der Waals surface area contributed by atoms with E-state index in [2.05, 4.69) is 10.3 Å². The van der Waals surface area contributed by atoms with Gasteiger partial charge in [-0.05, 0) is 66.6 Å². The zero-order valence-corrected chi connectivity index (χ0v) is 16.6. The molecule has 1 aliphatic carbocycles. The Morgan fingerprint density at radius 3 is 2.53 bits per heavy atom. The van der Waals surface area contributed by atoms with Crippen LogP contribution in [-0.4, -0.2) is 47.5 Å². The van der Waals surface area contributed by atoms with E-state index in [1.54, 1.807) is 6.20 Å². The van der Waals surface area contributed by atoms with Crippen molar-refractivity contribution in [3.63, 3.8) is 0 Å². The molecule has 1 aliphatic heterocycles. The molecule has 1 aromatic heterocycles. The Morgan fingerprint density at radius 1 is 1.07 bits per heavy atom. The van der Waals surface area contributed by atoms with Crippen LogP contribution in [0.2, 0.25) is 0 Å². The van der Waals surface area contributed by atoms with Gasteiger partial charge in [-0.15, -0.1) is 5.23 Å². The van der Waals surface area contributed by atoms with E-state index in [1.807, 2.05) is 30.3 Å². The minimum Gasteiger partial charge on any atom is -0.394 e. The summed E-state index contributed by atoms with van der Waals surface area (Å²) in [4.78, 5) is 27.8. The largest absolute Gasteiger partial charge is 0.394 e. The summed E-state index contributed by atoms with van der Waals surface area (Å²) in [7, 11) is 0. The predicted octanol–water partition coefficient (Wildman–Crippen LogP) is 2.11. The second-order valence-electron chi connectivity index (χ2n) is 7.12. The molecule has 0 saturated carbocycles. The molecule has 0 unspecified atom stereocenters. The number of carbonyl (C=O) groups is 1. The zero-order valence-electron chi connectivity index (χ0n) is 16.6. The Morgan fingerprint density at radius 2 is 1.80 bits per heavy atom. The molecule has 2 aromatic rings. The number of pyridine rings is 1. The van der Waals surface area contributed by atoms with E-state index >= 15 is 0 Å². The third kappa shape index (κ3) is 4.08. The van der Waals surface area contributed by atoms with Gasteiger partial charge in [-0.1, -0.05) is 6.07 Å². The van der Waals surface area contributed by atoms with Crippen LogP contribution in [0, 0.1) is 0 Å². The van der Waals surface area contributed by atoms with Crippen molar-refractivity contribution >= 4 is 29.1 Å². The minimum atomic E-state index is -0.156. The Balaban J connectivity index is 1.74. The topological polar surface area (TPSA) is 104 Å². The Kier molecular flexibility index (Phi) is 6.39. The van der Waals surface area contributed by atoms with Gasteiger partial charge in [0.1, 0.15) is 19.0 Å². The summed E-state index contributed by atoms with van der Waals surface area (Å²) in [5, 5.41) is 22.4. The average molecular weight is 411 g/mol. The number of carbonyl (C=O) groups excluding carboxylic acids is 1. The lowest BCUT2D eigenvalue weighted by Gasteiger charge is -2.28. The van der Waals surface area contributed by atoms with Gasteiger partial charge in [0, 0.05) is 11.8 Å². The second kappa shape index (κ2) is 9.36. The van der Waals surface area contributed by atoms with Crippen molar-refractivity contribution < 1.29 is 24.7 Å². The summed E-state index contributed by atoms with van der Waals surface area (Å²) >= 11 is 0. The molecule has 0 fully saturated rings. The first-order valence-corrected chi connectivity index (χ1v) is 10.1. The molecule has 2 aliphatic rings. The lowest BCUT2D eigenvalue weighted by atomic mass is 9.86. The van der Waals surface area contributed by atoms with Crippen molar-refractivity contribution in [3.05, 3.63) is 52.7 Å². The molecule has 1 amide bonds. The number of benzene rings is 1. The van der Waals surface area contributed by atoms with Gasteiger partial charge in [0.05, 0.1) is 24.5 Å². The molecule has 0 bridgehead atoms. The van der Waals surface area contributed by atoms with Crippen LogP contribution in [0.1, 0.15) is 35.1 Å². The number of aromatic nitrogens is 1. The molecule has 8 heteroatoms. The normalized spacial score (nSPS) is 16.3. The van der Waals surface area contributed by atoms with Crippen LogP contribution in [-0.2, 0) is 27.3 Å². The van der Waals surface area contributed by atoms with Crippen LogP contribution in [0.5, 0.6) is 0 Å². The highest BCUT2D eigenvalue weighted by molar-refractivity contribution is 6.34. The molecule has 0 spiro atoms. The number of hydrogen-bond acceptors (Lipinski definition) is 7. The van der Waals surface area contributed by atoms with E-state index in [0.717, 1.165) is 53.6 Å². The average Bonchev–Trinajstić information content (AvgIpc) is 3.09. The van der Waals surface area contributed by atoms with Gasteiger partial charge in [-0.25, -0.2) is 14.7 Å². The molecule has 8 nitrogen and oxygen atoms in total. The molecule has 0 atom stereocenters. The number of rotatable bonds is 8. The third-order valence-corrected chi connectivity index (χ3v) is 5.22. The number of amides is 1. The summed E-state index contributed by atoms with van der Waals surface area (Å²) in [6.45, 7) is -0.131. The Bertz CT molecular complexity index is 952. The van der Waals surface area contributed by atoms with Gasteiger partial charge in [-0.3, -0.25) is 4.79 Å². The van der Waals surface area contributed by atoms with E-state index in [4.69, 9.17) is 19.9 Å². The van der Waals surface area contributed by atoms with E-state index in [-0.39, 0.29) is 32.3 Å². The SMILES string of the molecule is O=C1Nc2ncccc2C1=Cc1ccc(N(OCCO)OCCO)c2c1CCCC2. The third-order valence-electron chi connectivity index (χ3n) is 5.22. The van der Waals surface area contributed by atoms with E-state index in [0.29, 0.717) is 11.4 Å². The lowest BCUT2D eigenvalue weighted by molar-refractivity contribution is -0.110. The Labute approximate surface area is 174 Å². The highest BCUT2D eigenvalue weighted by atomic mass is 16.9. The Hall–Kier alpha value is -2.78. The van der Waals surface area contributed by atoms with Gasteiger partial charge in [0.2, 0.25) is 0 Å². The summed E-state index contributed by atoms with van der Waals surface area (Å²) in [6.07, 6.45) is 7.43. The van der Waals surface area contributed by atoms with Crippen molar-refractivity contribution in [3.8, 4) is 0 Å². The molecule has 1 aromatic carbocycles. The lowest BCUT2D eigenvalue weighted by Crippen LogP contribution is -2.29. The van der Waals surface area contributed by atoms with E-state index in [1.165, 1.54) is 5.23 Å². The highest BCUT2D eigenvalue weighted by Crippen LogP contribution is 2.37. The van der Waals surface area contributed by atoms with Crippen molar-refractivity contribution in [1.29, 1.82) is 0 Å². The molecule has 0 saturated heterocycles. The van der Waals surface area contributed by atoms with Gasteiger partial charge in [0.15, 0.2) is 0 Å². The van der Waals surface area contributed by atoms with Gasteiger partial charge in [-0.2, -0.15) is 0 Å². The number of fused-ring (bicyclic) bond motifs is 2. The molecule has 158 valence electrons. The molecule has 0 radical (unpaired) electrons.